The third kappa shape index (κ3) is 3.22. The Morgan fingerprint density at radius 1 is 1.28 bits per heavy atom. The van der Waals surface area contributed by atoms with Crippen LogP contribution in [0.15, 0.2) is 18.2 Å². The number of rotatable bonds is 3. The summed E-state index contributed by atoms with van der Waals surface area (Å²) < 4.78 is 19.5. The van der Waals surface area contributed by atoms with Gasteiger partial charge in [0.05, 0.1) is 12.2 Å². The van der Waals surface area contributed by atoms with Crippen LogP contribution >= 0.6 is 0 Å². The number of ether oxygens (including phenoxy) is 1. The summed E-state index contributed by atoms with van der Waals surface area (Å²) in [5, 5.41) is 9.37. The summed E-state index contributed by atoms with van der Waals surface area (Å²) in [6.07, 6.45) is 3.87. The molecule has 0 radical (unpaired) electrons. The van der Waals surface area contributed by atoms with Crippen LogP contribution in [0.3, 0.4) is 0 Å². The minimum Gasteiger partial charge on any atom is -0.490 e. The molecule has 100 valence electrons. The van der Waals surface area contributed by atoms with Gasteiger partial charge in [-0.15, -0.1) is 0 Å². The lowest BCUT2D eigenvalue weighted by Gasteiger charge is -2.27. The van der Waals surface area contributed by atoms with Crippen molar-refractivity contribution in [2.45, 2.75) is 51.7 Å². The quantitative estimate of drug-likeness (QED) is 0.885. The maximum Gasteiger partial charge on any atom is 0.132 e. The zero-order valence-electron chi connectivity index (χ0n) is 11.0. The highest BCUT2D eigenvalue weighted by Gasteiger charge is 2.20. The zero-order chi connectivity index (χ0) is 13.1. The van der Waals surface area contributed by atoms with Crippen LogP contribution in [0.5, 0.6) is 5.75 Å². The van der Waals surface area contributed by atoms with Gasteiger partial charge in [-0.1, -0.05) is 6.92 Å². The van der Waals surface area contributed by atoms with Crippen LogP contribution < -0.4 is 4.74 Å². The summed E-state index contributed by atoms with van der Waals surface area (Å²) in [6.45, 7) is 3.81. The Balaban J connectivity index is 2.00. The molecule has 1 saturated carbocycles. The average Bonchev–Trinajstić information content (AvgIpc) is 2.32. The molecule has 1 aromatic rings. The first kappa shape index (κ1) is 13.3. The molecule has 2 rings (SSSR count). The Kier molecular flexibility index (Phi) is 4.23. The second-order valence-corrected chi connectivity index (χ2v) is 5.36. The van der Waals surface area contributed by atoms with Crippen molar-refractivity contribution < 1.29 is 14.2 Å². The molecule has 0 bridgehead atoms. The van der Waals surface area contributed by atoms with Gasteiger partial charge in [-0.25, -0.2) is 4.39 Å². The number of aliphatic hydroxyl groups is 1. The summed E-state index contributed by atoms with van der Waals surface area (Å²) in [4.78, 5) is 0. The zero-order valence-corrected chi connectivity index (χ0v) is 11.0. The minimum absolute atomic E-state index is 0.206. The highest BCUT2D eigenvalue weighted by atomic mass is 19.1. The van der Waals surface area contributed by atoms with Gasteiger partial charge in [0.2, 0.25) is 0 Å². The van der Waals surface area contributed by atoms with E-state index < -0.39 is 11.9 Å². The predicted molar refractivity (Wildman–Crippen MR) is 69.1 cm³/mol. The molecule has 0 aliphatic heterocycles. The van der Waals surface area contributed by atoms with Crippen molar-refractivity contribution in [2.75, 3.05) is 0 Å². The molecule has 1 atom stereocenters. The standard InChI is InChI=1S/C15H21FO2/c1-10-3-5-12(6-4-10)18-13-7-8-14(11(2)17)15(16)9-13/h7-12,17H,3-6H2,1-2H3. The van der Waals surface area contributed by atoms with Crippen LogP contribution in [-0.4, -0.2) is 11.2 Å². The van der Waals surface area contributed by atoms with Crippen LogP contribution in [-0.2, 0) is 0 Å². The monoisotopic (exact) mass is 252 g/mol. The first-order valence-corrected chi connectivity index (χ1v) is 6.70. The normalized spacial score (nSPS) is 25.8. The second-order valence-electron chi connectivity index (χ2n) is 5.36. The molecule has 1 aromatic carbocycles. The molecule has 0 spiro atoms. The minimum atomic E-state index is -0.783. The molecule has 1 fully saturated rings. The maximum atomic E-state index is 13.7. The first-order chi connectivity index (χ1) is 8.56. The van der Waals surface area contributed by atoms with E-state index in [4.69, 9.17) is 4.74 Å². The molecule has 0 amide bonds. The van der Waals surface area contributed by atoms with E-state index in [0.29, 0.717) is 11.3 Å². The number of hydrogen-bond donors (Lipinski definition) is 1. The van der Waals surface area contributed by atoms with Gasteiger partial charge >= 0.3 is 0 Å². The van der Waals surface area contributed by atoms with Crippen molar-refractivity contribution in [3.8, 4) is 5.75 Å². The fraction of sp³-hybridized carbons (Fsp3) is 0.600. The SMILES string of the molecule is CC1CCC(Oc2ccc(C(C)O)c(F)c2)CC1. The fourth-order valence-corrected chi connectivity index (χ4v) is 2.46. The molecule has 0 aromatic heterocycles. The molecular formula is C15H21FO2. The van der Waals surface area contributed by atoms with E-state index in [2.05, 4.69) is 6.92 Å². The highest BCUT2D eigenvalue weighted by molar-refractivity contribution is 5.30. The Bertz CT molecular complexity index is 395. The second kappa shape index (κ2) is 5.70. The number of halogens is 1. The van der Waals surface area contributed by atoms with E-state index in [1.807, 2.05) is 0 Å². The Morgan fingerprint density at radius 2 is 1.94 bits per heavy atom. The summed E-state index contributed by atoms with van der Waals surface area (Å²) in [6, 6.07) is 4.71. The maximum absolute atomic E-state index is 13.7. The largest absolute Gasteiger partial charge is 0.490 e. The molecule has 0 saturated heterocycles. The highest BCUT2D eigenvalue weighted by Crippen LogP contribution is 2.28. The van der Waals surface area contributed by atoms with E-state index in [1.54, 1.807) is 19.1 Å². The molecule has 3 heteroatoms. The molecule has 1 N–H and O–H groups in total. The van der Waals surface area contributed by atoms with Crippen molar-refractivity contribution in [1.82, 2.24) is 0 Å². The van der Waals surface area contributed by atoms with E-state index in [0.717, 1.165) is 18.8 Å². The van der Waals surface area contributed by atoms with Gasteiger partial charge in [-0.3, -0.25) is 0 Å². The van der Waals surface area contributed by atoms with Crippen molar-refractivity contribution in [1.29, 1.82) is 0 Å². The molecule has 1 unspecified atom stereocenters. The summed E-state index contributed by atoms with van der Waals surface area (Å²) >= 11 is 0. The van der Waals surface area contributed by atoms with Crippen LogP contribution in [0.4, 0.5) is 4.39 Å². The van der Waals surface area contributed by atoms with Gasteiger partial charge in [0, 0.05) is 11.6 Å². The number of benzene rings is 1. The Labute approximate surface area is 108 Å². The van der Waals surface area contributed by atoms with Gasteiger partial charge in [0.15, 0.2) is 0 Å². The third-order valence-electron chi connectivity index (χ3n) is 3.69. The summed E-state index contributed by atoms with van der Waals surface area (Å²) in [5.41, 5.74) is 0.319. The van der Waals surface area contributed by atoms with Gasteiger partial charge < -0.3 is 9.84 Å². The third-order valence-corrected chi connectivity index (χ3v) is 3.69. The van der Waals surface area contributed by atoms with Gasteiger partial charge in [-0.05, 0) is 50.7 Å². The lowest BCUT2D eigenvalue weighted by Crippen LogP contribution is -2.23. The smallest absolute Gasteiger partial charge is 0.132 e. The lowest BCUT2D eigenvalue weighted by molar-refractivity contribution is 0.134. The van der Waals surface area contributed by atoms with Crippen LogP contribution in [0, 0.1) is 11.7 Å². The van der Waals surface area contributed by atoms with Gasteiger partial charge in [0.25, 0.3) is 0 Å². The Hall–Kier alpha value is -1.09. The van der Waals surface area contributed by atoms with Crippen LogP contribution in [0.25, 0.3) is 0 Å². The van der Waals surface area contributed by atoms with E-state index >= 15 is 0 Å². The van der Waals surface area contributed by atoms with Crippen molar-refractivity contribution in [2.24, 2.45) is 5.92 Å². The molecule has 0 heterocycles. The molecule has 18 heavy (non-hydrogen) atoms. The lowest BCUT2D eigenvalue weighted by atomic mass is 9.89. The molecule has 1 aliphatic carbocycles. The number of hydrogen-bond acceptors (Lipinski definition) is 2. The molecule has 2 nitrogen and oxygen atoms in total. The topological polar surface area (TPSA) is 29.5 Å². The van der Waals surface area contributed by atoms with Crippen molar-refractivity contribution >= 4 is 0 Å². The molecular weight excluding hydrogens is 231 g/mol. The number of aliphatic hydroxyl groups excluding tert-OH is 1. The fourth-order valence-electron chi connectivity index (χ4n) is 2.46. The van der Waals surface area contributed by atoms with E-state index in [1.165, 1.54) is 18.9 Å². The summed E-state index contributed by atoms with van der Waals surface area (Å²) in [5.74, 6) is 0.947. The van der Waals surface area contributed by atoms with E-state index in [9.17, 15) is 9.50 Å². The van der Waals surface area contributed by atoms with Gasteiger partial charge in [0.1, 0.15) is 11.6 Å². The Morgan fingerprint density at radius 3 is 2.50 bits per heavy atom. The summed E-state index contributed by atoms with van der Waals surface area (Å²) in [7, 11) is 0. The van der Waals surface area contributed by atoms with Crippen molar-refractivity contribution in [3.05, 3.63) is 29.6 Å². The average molecular weight is 252 g/mol. The van der Waals surface area contributed by atoms with Crippen molar-refractivity contribution in [3.63, 3.8) is 0 Å². The predicted octanol–water partition coefficient (Wildman–Crippen LogP) is 3.84. The van der Waals surface area contributed by atoms with Gasteiger partial charge in [-0.2, -0.15) is 0 Å². The molecule has 1 aliphatic rings. The van der Waals surface area contributed by atoms with Crippen LogP contribution in [0.1, 0.15) is 51.2 Å². The van der Waals surface area contributed by atoms with Crippen LogP contribution in [0.2, 0.25) is 0 Å². The van der Waals surface area contributed by atoms with E-state index in [-0.39, 0.29) is 6.10 Å². The first-order valence-electron chi connectivity index (χ1n) is 6.70.